The van der Waals surface area contributed by atoms with Gasteiger partial charge in [-0.1, -0.05) is 12.8 Å². The van der Waals surface area contributed by atoms with E-state index in [1.807, 2.05) is 0 Å². The zero-order valence-electron chi connectivity index (χ0n) is 10.7. The summed E-state index contributed by atoms with van der Waals surface area (Å²) in [5.41, 5.74) is -0.783. The molecule has 6 heteroatoms. The van der Waals surface area contributed by atoms with Crippen molar-refractivity contribution >= 4 is 17.8 Å². The molecule has 0 radical (unpaired) electrons. The largest absolute Gasteiger partial charge is 0.480 e. The maximum Gasteiger partial charge on any atom is 0.341 e. The minimum absolute atomic E-state index is 0.248. The third-order valence-electron chi connectivity index (χ3n) is 3.44. The smallest absolute Gasteiger partial charge is 0.341 e. The van der Waals surface area contributed by atoms with Crippen LogP contribution >= 0.6 is 0 Å². The SMILES string of the molecule is COC(=O)c1cccnc1NC1(C(=O)O)CCCC1. The van der Waals surface area contributed by atoms with Crippen LogP contribution in [0.1, 0.15) is 36.0 Å². The van der Waals surface area contributed by atoms with Crippen LogP contribution in [0.15, 0.2) is 18.3 Å². The van der Waals surface area contributed by atoms with Gasteiger partial charge >= 0.3 is 11.9 Å². The van der Waals surface area contributed by atoms with E-state index in [1.54, 1.807) is 12.1 Å². The normalized spacial score (nSPS) is 16.9. The number of carboxylic acid groups (broad SMARTS) is 1. The molecule has 1 heterocycles. The van der Waals surface area contributed by atoms with E-state index < -0.39 is 17.5 Å². The summed E-state index contributed by atoms with van der Waals surface area (Å²) < 4.78 is 4.67. The quantitative estimate of drug-likeness (QED) is 0.804. The van der Waals surface area contributed by atoms with Gasteiger partial charge in [-0.05, 0) is 25.0 Å². The lowest BCUT2D eigenvalue weighted by Gasteiger charge is -2.26. The topological polar surface area (TPSA) is 88.5 Å². The van der Waals surface area contributed by atoms with E-state index in [2.05, 4.69) is 15.0 Å². The first-order valence-corrected chi connectivity index (χ1v) is 6.14. The van der Waals surface area contributed by atoms with Gasteiger partial charge in [0.2, 0.25) is 0 Å². The fourth-order valence-corrected chi connectivity index (χ4v) is 2.38. The zero-order valence-corrected chi connectivity index (χ0v) is 10.7. The molecule has 0 amide bonds. The standard InChI is InChI=1S/C13H16N2O4/c1-19-11(16)9-5-4-8-14-10(9)15-13(12(17)18)6-2-3-7-13/h4-5,8H,2-3,6-7H2,1H3,(H,14,15)(H,17,18). The Kier molecular flexibility index (Phi) is 3.69. The Bertz CT molecular complexity index is 495. The number of nitrogens with one attached hydrogen (secondary N) is 1. The number of methoxy groups -OCH3 is 1. The summed E-state index contributed by atoms with van der Waals surface area (Å²) in [6.07, 6.45) is 4.26. The first-order valence-electron chi connectivity index (χ1n) is 6.14. The molecule has 0 unspecified atom stereocenters. The summed E-state index contributed by atoms with van der Waals surface area (Å²) in [6, 6.07) is 3.17. The molecular weight excluding hydrogens is 248 g/mol. The highest BCUT2D eigenvalue weighted by Gasteiger charge is 2.42. The minimum atomic E-state index is -1.03. The molecule has 1 aromatic rings. The first kappa shape index (κ1) is 13.3. The van der Waals surface area contributed by atoms with Gasteiger partial charge in [-0.15, -0.1) is 0 Å². The number of carbonyl (C=O) groups excluding carboxylic acids is 1. The Balaban J connectivity index is 2.32. The van der Waals surface area contributed by atoms with Crippen molar-refractivity contribution in [1.82, 2.24) is 4.98 Å². The number of nitrogens with zero attached hydrogens (tertiary/aromatic N) is 1. The first-order chi connectivity index (χ1) is 9.09. The number of aliphatic carboxylic acids is 1. The number of esters is 1. The van der Waals surface area contributed by atoms with Gasteiger partial charge in [0.05, 0.1) is 7.11 Å². The molecule has 1 aliphatic rings. The van der Waals surface area contributed by atoms with Gasteiger partial charge in [0.15, 0.2) is 0 Å². The number of anilines is 1. The molecule has 0 spiro atoms. The number of carboxylic acids is 1. The number of rotatable bonds is 4. The molecule has 0 saturated heterocycles. The zero-order chi connectivity index (χ0) is 13.9. The lowest BCUT2D eigenvalue weighted by Crippen LogP contribution is -2.44. The summed E-state index contributed by atoms with van der Waals surface area (Å²) in [5, 5.41) is 12.3. The minimum Gasteiger partial charge on any atom is -0.480 e. The second-order valence-electron chi connectivity index (χ2n) is 4.61. The van der Waals surface area contributed by atoms with Crippen LogP contribution < -0.4 is 5.32 Å². The van der Waals surface area contributed by atoms with Crippen LogP contribution in [0.2, 0.25) is 0 Å². The Hall–Kier alpha value is -2.11. The van der Waals surface area contributed by atoms with Crippen molar-refractivity contribution in [3.05, 3.63) is 23.9 Å². The number of aromatic nitrogens is 1. The van der Waals surface area contributed by atoms with Crippen molar-refractivity contribution in [2.75, 3.05) is 12.4 Å². The van der Waals surface area contributed by atoms with E-state index in [1.165, 1.54) is 13.3 Å². The van der Waals surface area contributed by atoms with Crippen LogP contribution in [0.3, 0.4) is 0 Å². The number of ether oxygens (including phenoxy) is 1. The highest BCUT2D eigenvalue weighted by atomic mass is 16.5. The molecule has 1 saturated carbocycles. The Morgan fingerprint density at radius 1 is 1.42 bits per heavy atom. The number of carbonyl (C=O) groups is 2. The van der Waals surface area contributed by atoms with E-state index in [-0.39, 0.29) is 11.4 Å². The van der Waals surface area contributed by atoms with Crippen LogP contribution in [0, 0.1) is 0 Å². The van der Waals surface area contributed by atoms with Gasteiger partial charge in [-0.3, -0.25) is 0 Å². The average Bonchev–Trinajstić information content (AvgIpc) is 2.88. The van der Waals surface area contributed by atoms with E-state index in [9.17, 15) is 14.7 Å². The lowest BCUT2D eigenvalue weighted by molar-refractivity contribution is -0.142. The fraction of sp³-hybridized carbons (Fsp3) is 0.462. The average molecular weight is 264 g/mol. The monoisotopic (exact) mass is 264 g/mol. The third-order valence-corrected chi connectivity index (χ3v) is 3.44. The molecule has 1 fully saturated rings. The second kappa shape index (κ2) is 5.26. The predicted molar refractivity (Wildman–Crippen MR) is 68.0 cm³/mol. The van der Waals surface area contributed by atoms with Crippen molar-refractivity contribution in [3.8, 4) is 0 Å². The molecule has 1 aromatic heterocycles. The van der Waals surface area contributed by atoms with Crippen molar-refractivity contribution in [3.63, 3.8) is 0 Å². The molecule has 0 aliphatic heterocycles. The number of hydrogen-bond donors (Lipinski definition) is 2. The van der Waals surface area contributed by atoms with Gasteiger partial charge in [0.25, 0.3) is 0 Å². The maximum absolute atomic E-state index is 11.6. The predicted octanol–water partition coefficient (Wildman–Crippen LogP) is 1.68. The summed E-state index contributed by atoms with van der Waals surface area (Å²) in [6.45, 7) is 0. The van der Waals surface area contributed by atoms with Crippen LogP contribution in [-0.4, -0.2) is 34.7 Å². The highest BCUT2D eigenvalue weighted by molar-refractivity contribution is 5.95. The number of hydrogen-bond acceptors (Lipinski definition) is 5. The van der Waals surface area contributed by atoms with Crippen molar-refractivity contribution < 1.29 is 19.4 Å². The Morgan fingerprint density at radius 3 is 2.68 bits per heavy atom. The highest BCUT2D eigenvalue weighted by Crippen LogP contribution is 2.33. The summed E-state index contributed by atoms with van der Waals surface area (Å²) >= 11 is 0. The van der Waals surface area contributed by atoms with Crippen LogP contribution in [0.25, 0.3) is 0 Å². The Labute approximate surface area is 110 Å². The van der Waals surface area contributed by atoms with Gasteiger partial charge in [0.1, 0.15) is 16.9 Å². The summed E-state index contributed by atoms with van der Waals surface area (Å²) in [7, 11) is 1.28. The van der Waals surface area contributed by atoms with Gasteiger partial charge in [-0.2, -0.15) is 0 Å². The van der Waals surface area contributed by atoms with Crippen LogP contribution in [0.5, 0.6) is 0 Å². The van der Waals surface area contributed by atoms with Gasteiger partial charge in [-0.25, -0.2) is 14.6 Å². The van der Waals surface area contributed by atoms with E-state index in [0.29, 0.717) is 12.8 Å². The van der Waals surface area contributed by atoms with Crippen LogP contribution in [0.4, 0.5) is 5.82 Å². The maximum atomic E-state index is 11.6. The summed E-state index contributed by atoms with van der Waals surface area (Å²) in [5.74, 6) is -1.18. The molecule has 0 aromatic carbocycles. The second-order valence-corrected chi connectivity index (χ2v) is 4.61. The van der Waals surface area contributed by atoms with Crippen LogP contribution in [-0.2, 0) is 9.53 Å². The molecule has 6 nitrogen and oxygen atoms in total. The number of pyridine rings is 1. The fourth-order valence-electron chi connectivity index (χ4n) is 2.38. The van der Waals surface area contributed by atoms with Crippen molar-refractivity contribution in [2.24, 2.45) is 0 Å². The summed E-state index contributed by atoms with van der Waals surface area (Å²) in [4.78, 5) is 27.2. The molecule has 102 valence electrons. The Morgan fingerprint density at radius 2 is 2.11 bits per heavy atom. The van der Waals surface area contributed by atoms with E-state index >= 15 is 0 Å². The molecule has 2 rings (SSSR count). The molecule has 1 aliphatic carbocycles. The molecule has 0 bridgehead atoms. The molecule has 0 atom stereocenters. The third kappa shape index (κ3) is 2.52. The molecule has 2 N–H and O–H groups in total. The van der Waals surface area contributed by atoms with Crippen molar-refractivity contribution in [1.29, 1.82) is 0 Å². The molecule has 19 heavy (non-hydrogen) atoms. The van der Waals surface area contributed by atoms with Gasteiger partial charge < -0.3 is 15.2 Å². The van der Waals surface area contributed by atoms with Gasteiger partial charge in [0, 0.05) is 6.20 Å². The molecular formula is C13H16N2O4. The van der Waals surface area contributed by atoms with E-state index in [0.717, 1.165) is 12.8 Å². The van der Waals surface area contributed by atoms with E-state index in [4.69, 9.17) is 0 Å². The van der Waals surface area contributed by atoms with Crippen molar-refractivity contribution in [2.45, 2.75) is 31.2 Å². The lowest BCUT2D eigenvalue weighted by atomic mass is 9.97.